The van der Waals surface area contributed by atoms with E-state index in [1.165, 1.54) is 11.8 Å². The molecule has 1 atom stereocenters. The summed E-state index contributed by atoms with van der Waals surface area (Å²) >= 11 is 9.02. The summed E-state index contributed by atoms with van der Waals surface area (Å²) in [4.78, 5) is 17.0. The molecule has 1 amide bonds. The Morgan fingerprint density at radius 3 is 2.53 bits per heavy atom. The molecule has 9 heteroatoms. The van der Waals surface area contributed by atoms with Gasteiger partial charge in [0.2, 0.25) is 5.91 Å². The Balaban J connectivity index is 1.68. The van der Waals surface area contributed by atoms with Crippen LogP contribution in [0.1, 0.15) is 45.0 Å². The van der Waals surface area contributed by atoms with E-state index in [2.05, 4.69) is 52.9 Å². The zero-order valence-corrected chi connectivity index (χ0v) is 22.5. The molecule has 182 valence electrons. The van der Waals surface area contributed by atoms with Crippen LogP contribution in [0.5, 0.6) is 0 Å². The lowest BCUT2D eigenvalue weighted by atomic mass is 10.2. The summed E-state index contributed by atoms with van der Waals surface area (Å²) in [6.07, 6.45) is 3.08. The van der Waals surface area contributed by atoms with Gasteiger partial charge in [-0.3, -0.25) is 9.69 Å². The number of nitrogens with one attached hydrogen (secondary N) is 1. The molecule has 0 aliphatic heterocycles. The molecule has 0 bridgehead atoms. The number of carbonyl (C=O) groups is 1. The number of rotatable bonds is 12. The smallest absolute Gasteiger partial charge is 0.234 e. The number of nitrogens with zero attached hydrogens (tertiary/aromatic N) is 4. The van der Waals surface area contributed by atoms with Gasteiger partial charge in [0.15, 0.2) is 11.0 Å². The van der Waals surface area contributed by atoms with Gasteiger partial charge in [0.05, 0.1) is 17.5 Å². The van der Waals surface area contributed by atoms with Crippen LogP contribution in [0.4, 0.5) is 5.69 Å². The summed E-state index contributed by atoms with van der Waals surface area (Å²) in [6.45, 7) is 5.18. The Morgan fingerprint density at radius 1 is 1.12 bits per heavy atom. The monoisotopic (exact) mass is 517 g/mol. The van der Waals surface area contributed by atoms with Crippen LogP contribution in [0.2, 0.25) is 5.02 Å². The third kappa shape index (κ3) is 7.25. The van der Waals surface area contributed by atoms with Crippen molar-refractivity contribution < 1.29 is 4.79 Å². The highest BCUT2D eigenvalue weighted by Crippen LogP contribution is 2.34. The highest BCUT2D eigenvalue weighted by molar-refractivity contribution is 8.00. The molecule has 34 heavy (non-hydrogen) atoms. The van der Waals surface area contributed by atoms with Crippen LogP contribution in [0.25, 0.3) is 0 Å². The normalized spacial score (nSPS) is 12.2. The van der Waals surface area contributed by atoms with E-state index >= 15 is 0 Å². The van der Waals surface area contributed by atoms with Crippen LogP contribution in [-0.2, 0) is 11.3 Å². The molecule has 1 heterocycles. The van der Waals surface area contributed by atoms with E-state index in [-0.39, 0.29) is 17.7 Å². The van der Waals surface area contributed by atoms with E-state index in [0.717, 1.165) is 52.3 Å². The van der Waals surface area contributed by atoms with E-state index in [0.29, 0.717) is 5.02 Å². The van der Waals surface area contributed by atoms with Gasteiger partial charge in [0.1, 0.15) is 0 Å². The molecule has 0 spiro atoms. The lowest BCUT2D eigenvalue weighted by Gasteiger charge is -2.23. The average molecular weight is 518 g/mol. The van der Waals surface area contributed by atoms with Crippen molar-refractivity contribution in [2.45, 2.75) is 60.6 Å². The van der Waals surface area contributed by atoms with Crippen molar-refractivity contribution in [2.24, 2.45) is 0 Å². The van der Waals surface area contributed by atoms with Gasteiger partial charge in [0.25, 0.3) is 0 Å². The number of anilines is 1. The maximum Gasteiger partial charge on any atom is 0.234 e. The maximum absolute atomic E-state index is 12.8. The van der Waals surface area contributed by atoms with E-state index in [9.17, 15) is 4.79 Å². The van der Waals surface area contributed by atoms with Crippen molar-refractivity contribution in [3.05, 3.63) is 59.4 Å². The second-order valence-corrected chi connectivity index (χ2v) is 10.6. The number of halogens is 1. The van der Waals surface area contributed by atoms with Crippen LogP contribution in [-0.4, -0.2) is 45.4 Å². The number of unbranched alkanes of at least 4 members (excludes halogenated alkanes) is 1. The number of benzene rings is 2. The van der Waals surface area contributed by atoms with Gasteiger partial charge in [-0.25, -0.2) is 0 Å². The molecular formula is C25H32ClN5OS2. The number of thioether (sulfide) groups is 1. The Hall–Kier alpha value is -2.00. The van der Waals surface area contributed by atoms with Crippen molar-refractivity contribution in [3.8, 4) is 0 Å². The second-order valence-electron chi connectivity index (χ2n) is 8.12. The van der Waals surface area contributed by atoms with Crippen molar-refractivity contribution >= 4 is 46.7 Å². The van der Waals surface area contributed by atoms with Crippen LogP contribution in [0.3, 0.4) is 0 Å². The first-order valence-electron chi connectivity index (χ1n) is 11.5. The Bertz CT molecular complexity index is 1070. The topological polar surface area (TPSA) is 63.1 Å². The highest BCUT2D eigenvalue weighted by Gasteiger charge is 2.22. The summed E-state index contributed by atoms with van der Waals surface area (Å²) < 4.78 is 2.18. The zero-order chi connectivity index (χ0) is 24.5. The molecule has 0 aliphatic carbocycles. The number of carbonyl (C=O) groups excluding carboxylic acids is 1. The molecule has 0 saturated carbocycles. The third-order valence-electron chi connectivity index (χ3n) is 5.32. The fraction of sp³-hybridized carbons (Fsp3) is 0.400. The fourth-order valence-electron chi connectivity index (χ4n) is 3.56. The third-order valence-corrected chi connectivity index (χ3v) is 7.63. The molecule has 1 unspecified atom stereocenters. The zero-order valence-electron chi connectivity index (χ0n) is 20.1. The predicted octanol–water partition coefficient (Wildman–Crippen LogP) is 6.63. The summed E-state index contributed by atoms with van der Waals surface area (Å²) in [5, 5.41) is 13.5. The van der Waals surface area contributed by atoms with Crippen molar-refractivity contribution in [1.29, 1.82) is 0 Å². The van der Waals surface area contributed by atoms with Gasteiger partial charge in [-0.2, -0.15) is 0 Å². The Morgan fingerprint density at radius 2 is 1.85 bits per heavy atom. The molecule has 3 rings (SSSR count). The minimum Gasteiger partial charge on any atom is -0.324 e. The lowest BCUT2D eigenvalue weighted by Crippen LogP contribution is -2.23. The lowest BCUT2D eigenvalue weighted by molar-refractivity contribution is -0.113. The number of hydrogen-bond acceptors (Lipinski definition) is 6. The van der Waals surface area contributed by atoms with Crippen molar-refractivity contribution in [2.75, 3.05) is 25.2 Å². The van der Waals surface area contributed by atoms with Crippen LogP contribution in [0, 0.1) is 0 Å². The molecular weight excluding hydrogens is 486 g/mol. The molecule has 6 nitrogen and oxygen atoms in total. The van der Waals surface area contributed by atoms with Crippen LogP contribution < -0.4 is 5.32 Å². The molecule has 0 radical (unpaired) electrons. The number of hydrogen-bond donors (Lipinski definition) is 1. The minimum absolute atomic E-state index is 0.0691. The van der Waals surface area contributed by atoms with Gasteiger partial charge in [-0.1, -0.05) is 67.5 Å². The quantitative estimate of drug-likeness (QED) is 0.272. The first-order chi connectivity index (χ1) is 16.4. The standard InChI is InChI=1S/C25H32ClN5OS2/c1-5-7-16-31-24(21(6-2)30(3)4)28-29-25(31)33-17-23(32)27-20-10-8-9-11-22(20)34-19-14-12-18(26)13-15-19/h8-15,21H,5-7,16-17H2,1-4H3,(H,27,32). The molecule has 0 aliphatic rings. The molecule has 0 saturated heterocycles. The van der Waals surface area contributed by atoms with Gasteiger partial charge in [-0.15, -0.1) is 10.2 Å². The van der Waals surface area contributed by atoms with E-state index < -0.39 is 0 Å². The van der Waals surface area contributed by atoms with Crippen molar-refractivity contribution in [3.63, 3.8) is 0 Å². The maximum atomic E-state index is 12.8. The Kier molecular flexibility index (Phi) is 10.3. The largest absolute Gasteiger partial charge is 0.324 e. The molecule has 0 fully saturated rings. The van der Waals surface area contributed by atoms with Gasteiger partial charge in [-0.05, 0) is 63.3 Å². The number of amides is 1. The summed E-state index contributed by atoms with van der Waals surface area (Å²) in [5.74, 6) is 1.16. The summed E-state index contributed by atoms with van der Waals surface area (Å²) in [6, 6.07) is 15.7. The van der Waals surface area contributed by atoms with Crippen LogP contribution in [0.15, 0.2) is 63.5 Å². The van der Waals surface area contributed by atoms with Gasteiger partial charge >= 0.3 is 0 Å². The minimum atomic E-state index is -0.0691. The molecule has 1 N–H and O–H groups in total. The molecule has 3 aromatic rings. The van der Waals surface area contributed by atoms with Gasteiger partial charge < -0.3 is 9.88 Å². The predicted molar refractivity (Wildman–Crippen MR) is 143 cm³/mol. The fourth-order valence-corrected chi connectivity index (χ4v) is 5.36. The van der Waals surface area contributed by atoms with E-state index in [4.69, 9.17) is 11.6 Å². The first kappa shape index (κ1) is 26.6. The van der Waals surface area contributed by atoms with Crippen molar-refractivity contribution in [1.82, 2.24) is 19.7 Å². The number of aromatic nitrogens is 3. The number of para-hydroxylation sites is 1. The van der Waals surface area contributed by atoms with Gasteiger partial charge in [0, 0.05) is 21.4 Å². The first-order valence-corrected chi connectivity index (χ1v) is 13.7. The SMILES string of the molecule is CCCCn1c(SCC(=O)Nc2ccccc2Sc2ccc(Cl)cc2)nnc1C(CC)N(C)C. The second kappa shape index (κ2) is 13.2. The van der Waals surface area contributed by atoms with E-state index in [1.54, 1.807) is 11.8 Å². The molecule has 1 aromatic heterocycles. The molecule has 2 aromatic carbocycles. The van der Waals surface area contributed by atoms with Crippen LogP contribution >= 0.6 is 35.1 Å². The average Bonchev–Trinajstić information content (AvgIpc) is 3.21. The summed E-state index contributed by atoms with van der Waals surface area (Å²) in [7, 11) is 4.12. The summed E-state index contributed by atoms with van der Waals surface area (Å²) in [5.41, 5.74) is 0.792. The van der Waals surface area contributed by atoms with E-state index in [1.807, 2.05) is 48.5 Å². The Labute approximate surface area is 215 Å². The highest BCUT2D eigenvalue weighted by atomic mass is 35.5.